The number of fused-ring (bicyclic) bond motifs is 1. The van der Waals surface area contributed by atoms with Crippen LogP contribution in [-0.2, 0) is 16.1 Å². The summed E-state index contributed by atoms with van der Waals surface area (Å²) in [5.74, 6) is -1.14. The molecule has 0 saturated carbocycles. The van der Waals surface area contributed by atoms with Crippen LogP contribution in [0.25, 0.3) is 10.9 Å². The van der Waals surface area contributed by atoms with Crippen molar-refractivity contribution in [1.82, 2.24) is 9.55 Å². The molecule has 0 unspecified atom stereocenters. The molecule has 0 fully saturated rings. The summed E-state index contributed by atoms with van der Waals surface area (Å²) in [6.07, 6.45) is 1.83. The first-order valence-electron chi connectivity index (χ1n) is 8.43. The summed E-state index contributed by atoms with van der Waals surface area (Å²) in [6, 6.07) is 12.2. The van der Waals surface area contributed by atoms with Crippen LogP contribution in [0.15, 0.2) is 59.7 Å². The van der Waals surface area contributed by atoms with Gasteiger partial charge in [0.25, 0.3) is 5.56 Å². The fourth-order valence-electron chi connectivity index (χ4n) is 2.60. The predicted molar refractivity (Wildman–Crippen MR) is 96.9 cm³/mol. The van der Waals surface area contributed by atoms with Crippen molar-refractivity contribution in [1.29, 1.82) is 0 Å². The largest absolute Gasteiger partial charge is 0.464 e. The van der Waals surface area contributed by atoms with Gasteiger partial charge in [0.2, 0.25) is 0 Å². The standard InChI is InChI=1S/C20H17FN2O4/c21-15-9-7-14(8-10-15)18(24)6-3-11-27-19(25)12-23-13-22-17-5-2-1-4-16(17)20(23)26/h1-2,4-5,7-10,13H,3,6,11-12H2. The molecule has 3 aromatic rings. The lowest BCUT2D eigenvalue weighted by atomic mass is 10.1. The summed E-state index contributed by atoms with van der Waals surface area (Å²) in [6.45, 7) is -0.190. The first kappa shape index (κ1) is 18.4. The number of rotatable bonds is 7. The van der Waals surface area contributed by atoms with Crippen LogP contribution in [0, 0.1) is 5.82 Å². The van der Waals surface area contributed by atoms with E-state index in [4.69, 9.17) is 4.74 Å². The first-order chi connectivity index (χ1) is 13.0. The van der Waals surface area contributed by atoms with Crippen LogP contribution >= 0.6 is 0 Å². The average molecular weight is 368 g/mol. The maximum absolute atomic E-state index is 12.8. The molecular formula is C20H17FN2O4. The molecule has 138 valence electrons. The molecule has 0 bridgehead atoms. The molecule has 0 saturated heterocycles. The Morgan fingerprint density at radius 3 is 2.59 bits per heavy atom. The van der Waals surface area contributed by atoms with Gasteiger partial charge in [-0.05, 0) is 42.8 Å². The number of Topliss-reactive ketones (excluding diaryl/α,β-unsaturated/α-hetero) is 1. The van der Waals surface area contributed by atoms with Crippen LogP contribution in [0.2, 0.25) is 0 Å². The van der Waals surface area contributed by atoms with Gasteiger partial charge in [0.1, 0.15) is 12.4 Å². The summed E-state index contributed by atoms with van der Waals surface area (Å²) in [5.41, 5.74) is 0.659. The monoisotopic (exact) mass is 368 g/mol. The Bertz CT molecular complexity index is 1030. The van der Waals surface area contributed by atoms with E-state index in [0.29, 0.717) is 22.9 Å². The third kappa shape index (κ3) is 4.63. The van der Waals surface area contributed by atoms with Gasteiger partial charge >= 0.3 is 5.97 Å². The van der Waals surface area contributed by atoms with Gasteiger partial charge in [-0.1, -0.05) is 12.1 Å². The van der Waals surface area contributed by atoms with Gasteiger partial charge in [-0.2, -0.15) is 0 Å². The lowest BCUT2D eigenvalue weighted by molar-refractivity contribution is -0.144. The number of carbonyl (C=O) groups is 2. The molecule has 27 heavy (non-hydrogen) atoms. The number of ether oxygens (including phenoxy) is 1. The van der Waals surface area contributed by atoms with Crippen LogP contribution in [0.3, 0.4) is 0 Å². The zero-order valence-electron chi connectivity index (χ0n) is 14.4. The second-order valence-corrected chi connectivity index (χ2v) is 5.95. The summed E-state index contributed by atoms with van der Waals surface area (Å²) in [4.78, 5) is 40.3. The number of hydrogen-bond donors (Lipinski definition) is 0. The third-order valence-corrected chi connectivity index (χ3v) is 4.01. The van der Waals surface area contributed by atoms with Gasteiger partial charge in [0.05, 0.1) is 23.8 Å². The van der Waals surface area contributed by atoms with E-state index in [1.807, 2.05) is 0 Å². The minimum atomic E-state index is -0.580. The zero-order valence-corrected chi connectivity index (χ0v) is 14.4. The number of ketones is 1. The maximum Gasteiger partial charge on any atom is 0.326 e. The van der Waals surface area contributed by atoms with Gasteiger partial charge in [-0.15, -0.1) is 0 Å². The van der Waals surface area contributed by atoms with E-state index in [1.54, 1.807) is 24.3 Å². The van der Waals surface area contributed by atoms with Gasteiger partial charge in [0, 0.05) is 12.0 Å². The van der Waals surface area contributed by atoms with E-state index in [0.717, 1.165) is 0 Å². The smallest absolute Gasteiger partial charge is 0.326 e. The van der Waals surface area contributed by atoms with Crippen LogP contribution < -0.4 is 5.56 Å². The quantitative estimate of drug-likeness (QED) is 0.364. The predicted octanol–water partition coefficient (Wildman–Crippen LogP) is 2.74. The van der Waals surface area contributed by atoms with Crippen molar-refractivity contribution in [2.24, 2.45) is 0 Å². The van der Waals surface area contributed by atoms with Crippen molar-refractivity contribution in [2.45, 2.75) is 19.4 Å². The second-order valence-electron chi connectivity index (χ2n) is 5.95. The van der Waals surface area contributed by atoms with E-state index in [2.05, 4.69) is 4.98 Å². The zero-order chi connectivity index (χ0) is 19.2. The highest BCUT2D eigenvalue weighted by molar-refractivity contribution is 5.95. The van der Waals surface area contributed by atoms with Crippen LogP contribution in [-0.4, -0.2) is 27.9 Å². The summed E-state index contributed by atoms with van der Waals surface area (Å²) in [7, 11) is 0. The van der Waals surface area contributed by atoms with E-state index < -0.39 is 11.8 Å². The molecule has 1 aromatic heterocycles. The van der Waals surface area contributed by atoms with Crippen molar-refractivity contribution in [3.05, 3.63) is 76.6 Å². The van der Waals surface area contributed by atoms with Gasteiger partial charge in [0.15, 0.2) is 5.78 Å². The molecule has 0 aliphatic rings. The number of aromatic nitrogens is 2. The van der Waals surface area contributed by atoms with Gasteiger partial charge < -0.3 is 4.74 Å². The number of hydrogen-bond acceptors (Lipinski definition) is 5. The number of esters is 1. The van der Waals surface area contributed by atoms with Crippen molar-refractivity contribution in [3.8, 4) is 0 Å². The number of benzene rings is 2. The maximum atomic E-state index is 12.8. The Balaban J connectivity index is 1.49. The summed E-state index contributed by atoms with van der Waals surface area (Å²) in [5, 5.41) is 0.428. The lowest BCUT2D eigenvalue weighted by Gasteiger charge is -2.07. The molecule has 7 heteroatoms. The minimum absolute atomic E-state index is 0.0571. The van der Waals surface area contributed by atoms with Crippen LogP contribution in [0.1, 0.15) is 23.2 Å². The van der Waals surface area contributed by atoms with E-state index in [9.17, 15) is 18.8 Å². The molecule has 2 aromatic carbocycles. The Morgan fingerprint density at radius 2 is 1.81 bits per heavy atom. The highest BCUT2D eigenvalue weighted by Crippen LogP contribution is 2.08. The average Bonchev–Trinajstić information content (AvgIpc) is 2.68. The molecule has 0 aliphatic carbocycles. The van der Waals surface area contributed by atoms with Gasteiger partial charge in [-0.25, -0.2) is 9.37 Å². The highest BCUT2D eigenvalue weighted by atomic mass is 19.1. The van der Waals surface area contributed by atoms with Crippen LogP contribution in [0.5, 0.6) is 0 Å². The normalized spacial score (nSPS) is 10.7. The lowest BCUT2D eigenvalue weighted by Crippen LogP contribution is -2.25. The fraction of sp³-hybridized carbons (Fsp3) is 0.200. The fourth-order valence-corrected chi connectivity index (χ4v) is 2.60. The van der Waals surface area contributed by atoms with Crippen LogP contribution in [0.4, 0.5) is 4.39 Å². The molecule has 3 rings (SSSR count). The van der Waals surface area contributed by atoms with Crippen molar-refractivity contribution in [3.63, 3.8) is 0 Å². The first-order valence-corrected chi connectivity index (χ1v) is 8.43. The Morgan fingerprint density at radius 1 is 1.07 bits per heavy atom. The number of nitrogens with zero attached hydrogens (tertiary/aromatic N) is 2. The molecule has 6 nitrogen and oxygen atoms in total. The molecule has 0 radical (unpaired) electrons. The van der Waals surface area contributed by atoms with E-state index in [1.165, 1.54) is 35.2 Å². The molecule has 1 heterocycles. The Kier molecular flexibility index (Phi) is 5.71. The number of carbonyl (C=O) groups excluding carboxylic acids is 2. The number of halogens is 1. The van der Waals surface area contributed by atoms with E-state index >= 15 is 0 Å². The van der Waals surface area contributed by atoms with Crippen molar-refractivity contribution in [2.75, 3.05) is 6.61 Å². The molecule has 0 N–H and O–H groups in total. The topological polar surface area (TPSA) is 78.3 Å². The molecule has 0 atom stereocenters. The van der Waals surface area contributed by atoms with E-state index in [-0.39, 0.29) is 30.9 Å². The summed E-state index contributed by atoms with van der Waals surface area (Å²) < 4.78 is 19.1. The Hall–Kier alpha value is -3.35. The second kappa shape index (κ2) is 8.35. The molecular weight excluding hydrogens is 351 g/mol. The summed E-state index contributed by atoms with van der Waals surface area (Å²) >= 11 is 0. The minimum Gasteiger partial charge on any atom is -0.464 e. The highest BCUT2D eigenvalue weighted by Gasteiger charge is 2.10. The van der Waals surface area contributed by atoms with Gasteiger partial charge in [-0.3, -0.25) is 19.0 Å². The Labute approximate surface area is 154 Å². The molecule has 0 aliphatic heterocycles. The van der Waals surface area contributed by atoms with Crippen molar-refractivity contribution >= 4 is 22.7 Å². The third-order valence-electron chi connectivity index (χ3n) is 4.01. The van der Waals surface area contributed by atoms with Crippen molar-refractivity contribution < 1.29 is 18.7 Å². The number of para-hydroxylation sites is 1. The SMILES string of the molecule is O=C(Cn1cnc2ccccc2c1=O)OCCCC(=O)c1ccc(F)cc1. The molecule has 0 amide bonds. The molecule has 0 spiro atoms.